The zero-order chi connectivity index (χ0) is 18.1. The van der Waals surface area contributed by atoms with Crippen LogP contribution >= 0.6 is 0 Å². The van der Waals surface area contributed by atoms with Crippen LogP contribution in [0.2, 0.25) is 0 Å². The summed E-state index contributed by atoms with van der Waals surface area (Å²) < 4.78 is 0. The highest BCUT2D eigenvalue weighted by atomic mass is 16.4. The average Bonchev–Trinajstić information content (AvgIpc) is 2.82. The van der Waals surface area contributed by atoms with Gasteiger partial charge in [0.15, 0.2) is 0 Å². The van der Waals surface area contributed by atoms with Crippen molar-refractivity contribution in [1.82, 2.24) is 0 Å². The van der Waals surface area contributed by atoms with E-state index in [1.54, 1.807) is 13.0 Å². The molecule has 6 heteroatoms. The maximum Gasteiger partial charge on any atom is 0.335 e. The molecular weight excluding hydrogens is 320 g/mol. The molecule has 0 aromatic heterocycles. The van der Waals surface area contributed by atoms with Crippen LogP contribution in [0.5, 0.6) is 0 Å². The predicted molar refractivity (Wildman–Crippen MR) is 93.8 cm³/mol. The Hall–Kier alpha value is -3.15. The lowest BCUT2D eigenvalue weighted by Crippen LogP contribution is -2.35. The Kier molecular flexibility index (Phi) is 4.27. The molecule has 1 aliphatic heterocycles. The van der Waals surface area contributed by atoms with Crippen LogP contribution in [0.3, 0.4) is 0 Å². The van der Waals surface area contributed by atoms with Gasteiger partial charge in [-0.2, -0.15) is 0 Å². The van der Waals surface area contributed by atoms with Gasteiger partial charge < -0.3 is 10.4 Å². The number of aryl methyl sites for hydroxylation is 2. The number of carboxylic acids is 1. The van der Waals surface area contributed by atoms with Gasteiger partial charge in [-0.3, -0.25) is 9.59 Å². The third-order valence-electron chi connectivity index (χ3n) is 4.20. The fraction of sp³-hybridized carbons (Fsp3) is 0.211. The van der Waals surface area contributed by atoms with Crippen molar-refractivity contribution in [1.29, 1.82) is 0 Å². The second kappa shape index (κ2) is 6.39. The van der Waals surface area contributed by atoms with Gasteiger partial charge in [-0.05, 0) is 49.2 Å². The first kappa shape index (κ1) is 16.7. The molecule has 3 rings (SSSR count). The summed E-state index contributed by atoms with van der Waals surface area (Å²) in [7, 11) is 0. The van der Waals surface area contributed by atoms with Crippen molar-refractivity contribution < 1.29 is 19.5 Å². The standard InChI is InChI=1S/C19H18N2O4/c1-11-4-3-5-14(8-11)20-15-10-17(22)21(18(15)23)16-9-13(19(24)25)7-6-12(16)2/h3-9,15,20H,10H2,1-2H3,(H,24,25). The molecule has 1 unspecified atom stereocenters. The molecule has 0 spiro atoms. The van der Waals surface area contributed by atoms with E-state index in [2.05, 4.69) is 5.32 Å². The van der Waals surface area contributed by atoms with E-state index in [0.29, 0.717) is 11.3 Å². The number of amides is 2. The number of nitrogens with one attached hydrogen (secondary N) is 1. The maximum atomic E-state index is 12.7. The molecule has 2 aromatic carbocycles. The smallest absolute Gasteiger partial charge is 0.335 e. The molecule has 1 fully saturated rings. The molecule has 0 bridgehead atoms. The minimum atomic E-state index is -1.10. The van der Waals surface area contributed by atoms with E-state index in [-0.39, 0.29) is 23.8 Å². The molecular formula is C19H18N2O4. The van der Waals surface area contributed by atoms with E-state index in [1.807, 2.05) is 31.2 Å². The number of imide groups is 1. The summed E-state index contributed by atoms with van der Waals surface area (Å²) in [5.74, 6) is -1.83. The fourth-order valence-electron chi connectivity index (χ4n) is 2.92. The van der Waals surface area contributed by atoms with Crippen molar-refractivity contribution in [2.24, 2.45) is 0 Å². The van der Waals surface area contributed by atoms with Crippen molar-refractivity contribution in [3.05, 3.63) is 59.2 Å². The van der Waals surface area contributed by atoms with E-state index >= 15 is 0 Å². The lowest BCUT2D eigenvalue weighted by atomic mass is 10.1. The largest absolute Gasteiger partial charge is 0.478 e. The SMILES string of the molecule is Cc1cccc(NC2CC(=O)N(c3cc(C(=O)O)ccc3C)C2=O)c1. The van der Waals surface area contributed by atoms with Gasteiger partial charge in [-0.1, -0.05) is 18.2 Å². The molecule has 2 amide bonds. The van der Waals surface area contributed by atoms with Crippen LogP contribution in [-0.4, -0.2) is 28.9 Å². The molecule has 1 aliphatic rings. The minimum Gasteiger partial charge on any atom is -0.478 e. The van der Waals surface area contributed by atoms with Gasteiger partial charge in [-0.15, -0.1) is 0 Å². The molecule has 128 valence electrons. The monoisotopic (exact) mass is 338 g/mol. The number of anilines is 2. The molecule has 0 radical (unpaired) electrons. The number of hydrogen-bond acceptors (Lipinski definition) is 4. The zero-order valence-corrected chi connectivity index (χ0v) is 13.9. The van der Waals surface area contributed by atoms with Gasteiger partial charge in [0.05, 0.1) is 17.7 Å². The van der Waals surface area contributed by atoms with Crippen LogP contribution in [0.25, 0.3) is 0 Å². The van der Waals surface area contributed by atoms with Crippen LogP contribution in [0.15, 0.2) is 42.5 Å². The Morgan fingerprint density at radius 3 is 2.60 bits per heavy atom. The van der Waals surface area contributed by atoms with Crippen LogP contribution in [0.4, 0.5) is 11.4 Å². The lowest BCUT2D eigenvalue weighted by Gasteiger charge is -2.18. The van der Waals surface area contributed by atoms with Crippen molar-refractivity contribution in [3.63, 3.8) is 0 Å². The summed E-state index contributed by atoms with van der Waals surface area (Å²) in [6.45, 7) is 3.68. The quantitative estimate of drug-likeness (QED) is 0.837. The summed E-state index contributed by atoms with van der Waals surface area (Å²) in [5, 5.41) is 12.2. The van der Waals surface area contributed by atoms with Crippen molar-refractivity contribution in [2.45, 2.75) is 26.3 Å². The Bertz CT molecular complexity index is 875. The normalized spacial score (nSPS) is 17.0. The third-order valence-corrected chi connectivity index (χ3v) is 4.20. The number of aromatic carboxylic acids is 1. The van der Waals surface area contributed by atoms with Crippen molar-refractivity contribution in [2.75, 3.05) is 10.2 Å². The van der Waals surface area contributed by atoms with E-state index in [4.69, 9.17) is 5.11 Å². The number of benzene rings is 2. The number of carbonyl (C=O) groups is 3. The van der Waals surface area contributed by atoms with Crippen molar-refractivity contribution >= 4 is 29.2 Å². The minimum absolute atomic E-state index is 0.0313. The predicted octanol–water partition coefficient (Wildman–Crippen LogP) is 2.75. The fourth-order valence-corrected chi connectivity index (χ4v) is 2.92. The number of hydrogen-bond donors (Lipinski definition) is 2. The highest BCUT2D eigenvalue weighted by Crippen LogP contribution is 2.29. The van der Waals surface area contributed by atoms with Crippen molar-refractivity contribution in [3.8, 4) is 0 Å². The molecule has 0 saturated carbocycles. The summed E-state index contributed by atoms with van der Waals surface area (Å²) in [6.07, 6.45) is 0.0313. The summed E-state index contributed by atoms with van der Waals surface area (Å²) in [4.78, 5) is 37.4. The highest BCUT2D eigenvalue weighted by Gasteiger charge is 2.40. The van der Waals surface area contributed by atoms with Gasteiger partial charge in [-0.25, -0.2) is 9.69 Å². The Balaban J connectivity index is 1.89. The first-order chi connectivity index (χ1) is 11.9. The number of carboxylic acid groups (broad SMARTS) is 1. The van der Waals surface area contributed by atoms with E-state index < -0.39 is 12.0 Å². The summed E-state index contributed by atoms with van der Waals surface area (Å²) in [6, 6.07) is 11.3. The summed E-state index contributed by atoms with van der Waals surface area (Å²) >= 11 is 0. The van der Waals surface area contributed by atoms with Gasteiger partial charge >= 0.3 is 5.97 Å². The van der Waals surface area contributed by atoms with Gasteiger partial charge in [0, 0.05) is 5.69 Å². The molecule has 1 atom stereocenters. The van der Waals surface area contributed by atoms with E-state index in [0.717, 1.165) is 16.2 Å². The lowest BCUT2D eigenvalue weighted by molar-refractivity contribution is -0.121. The van der Waals surface area contributed by atoms with Gasteiger partial charge in [0.25, 0.3) is 5.91 Å². The average molecular weight is 338 g/mol. The van der Waals surface area contributed by atoms with Crippen LogP contribution in [-0.2, 0) is 9.59 Å². The Morgan fingerprint density at radius 1 is 1.16 bits per heavy atom. The number of nitrogens with zero attached hydrogens (tertiary/aromatic N) is 1. The Morgan fingerprint density at radius 2 is 1.92 bits per heavy atom. The number of carbonyl (C=O) groups excluding carboxylic acids is 2. The molecule has 1 heterocycles. The first-order valence-corrected chi connectivity index (χ1v) is 7.91. The molecule has 0 aliphatic carbocycles. The first-order valence-electron chi connectivity index (χ1n) is 7.91. The molecule has 2 aromatic rings. The number of rotatable bonds is 4. The van der Waals surface area contributed by atoms with E-state index in [9.17, 15) is 14.4 Å². The van der Waals surface area contributed by atoms with Gasteiger partial charge in [0.1, 0.15) is 6.04 Å². The zero-order valence-electron chi connectivity index (χ0n) is 13.9. The maximum absolute atomic E-state index is 12.7. The van der Waals surface area contributed by atoms with E-state index in [1.165, 1.54) is 12.1 Å². The second-order valence-corrected chi connectivity index (χ2v) is 6.14. The molecule has 1 saturated heterocycles. The summed E-state index contributed by atoms with van der Waals surface area (Å²) in [5.41, 5.74) is 2.84. The third kappa shape index (κ3) is 3.24. The van der Waals surface area contributed by atoms with Gasteiger partial charge in [0.2, 0.25) is 5.91 Å². The molecule has 2 N–H and O–H groups in total. The highest BCUT2D eigenvalue weighted by molar-refractivity contribution is 6.23. The molecule has 25 heavy (non-hydrogen) atoms. The molecule has 6 nitrogen and oxygen atoms in total. The van der Waals surface area contributed by atoms with Crippen LogP contribution in [0, 0.1) is 13.8 Å². The second-order valence-electron chi connectivity index (χ2n) is 6.14. The van der Waals surface area contributed by atoms with Crippen LogP contribution in [0.1, 0.15) is 27.9 Å². The topological polar surface area (TPSA) is 86.7 Å². The Labute approximate surface area is 145 Å². The van der Waals surface area contributed by atoms with Crippen LogP contribution < -0.4 is 10.2 Å².